The quantitative estimate of drug-likeness (QED) is 0.500. The molecular formula is C23H19ClF4N4O2. The monoisotopic (exact) mass is 494 g/mol. The average molecular weight is 495 g/mol. The highest BCUT2D eigenvalue weighted by Crippen LogP contribution is 2.34. The minimum atomic E-state index is -4.83. The maximum absolute atomic E-state index is 14.0. The van der Waals surface area contributed by atoms with Crippen molar-refractivity contribution in [2.24, 2.45) is 0 Å². The maximum atomic E-state index is 14.0. The molecule has 6 nitrogen and oxygen atoms in total. The van der Waals surface area contributed by atoms with Crippen molar-refractivity contribution in [2.75, 3.05) is 26.2 Å². The highest BCUT2D eigenvalue weighted by Gasteiger charge is 2.42. The number of benzene rings is 2. The van der Waals surface area contributed by atoms with Crippen LogP contribution in [-0.2, 0) is 6.18 Å². The van der Waals surface area contributed by atoms with Gasteiger partial charge in [0.25, 0.3) is 11.8 Å². The fourth-order valence-corrected chi connectivity index (χ4v) is 3.95. The molecule has 0 radical (unpaired) electrons. The van der Waals surface area contributed by atoms with Gasteiger partial charge in [0, 0.05) is 31.2 Å². The van der Waals surface area contributed by atoms with E-state index in [0.717, 1.165) is 17.8 Å². The van der Waals surface area contributed by atoms with Crippen molar-refractivity contribution in [1.29, 1.82) is 0 Å². The van der Waals surface area contributed by atoms with Gasteiger partial charge in [0.1, 0.15) is 5.82 Å². The van der Waals surface area contributed by atoms with Gasteiger partial charge in [0.05, 0.1) is 23.0 Å². The Morgan fingerprint density at radius 3 is 2.03 bits per heavy atom. The zero-order chi connectivity index (χ0) is 24.6. The van der Waals surface area contributed by atoms with Gasteiger partial charge in [-0.25, -0.2) is 9.07 Å². The average Bonchev–Trinajstić information content (AvgIpc) is 3.26. The van der Waals surface area contributed by atoms with Crippen molar-refractivity contribution < 1.29 is 27.2 Å². The van der Waals surface area contributed by atoms with Gasteiger partial charge in [-0.2, -0.15) is 18.3 Å². The Morgan fingerprint density at radius 2 is 1.47 bits per heavy atom. The van der Waals surface area contributed by atoms with Crippen LogP contribution in [0.25, 0.3) is 5.69 Å². The van der Waals surface area contributed by atoms with E-state index in [1.165, 1.54) is 34.1 Å². The Labute approximate surface area is 197 Å². The molecule has 0 spiro atoms. The highest BCUT2D eigenvalue weighted by molar-refractivity contribution is 6.31. The molecule has 178 valence electrons. The van der Waals surface area contributed by atoms with Crippen molar-refractivity contribution in [3.8, 4) is 5.69 Å². The molecule has 2 aromatic carbocycles. The Balaban J connectivity index is 1.54. The molecule has 2 heterocycles. The van der Waals surface area contributed by atoms with Gasteiger partial charge >= 0.3 is 6.18 Å². The third-order valence-electron chi connectivity index (χ3n) is 5.56. The van der Waals surface area contributed by atoms with Crippen molar-refractivity contribution in [3.63, 3.8) is 0 Å². The first-order valence-corrected chi connectivity index (χ1v) is 10.7. The number of piperazine rings is 1. The van der Waals surface area contributed by atoms with E-state index in [0.29, 0.717) is 4.68 Å². The number of nitrogens with zero attached hydrogens (tertiary/aromatic N) is 4. The fourth-order valence-electron chi connectivity index (χ4n) is 3.77. The van der Waals surface area contributed by atoms with E-state index in [-0.39, 0.29) is 42.5 Å². The summed E-state index contributed by atoms with van der Waals surface area (Å²) in [5.74, 6) is -2.17. The predicted octanol–water partition coefficient (Wildman–Crippen LogP) is 4.59. The summed E-state index contributed by atoms with van der Waals surface area (Å²) in [6, 6.07) is 9.90. The van der Waals surface area contributed by atoms with Gasteiger partial charge in [-0.3, -0.25) is 9.59 Å². The second-order valence-corrected chi connectivity index (χ2v) is 8.30. The highest BCUT2D eigenvalue weighted by atomic mass is 35.5. The summed E-state index contributed by atoms with van der Waals surface area (Å²) >= 11 is 5.85. The molecule has 1 aliphatic heterocycles. The molecular weight excluding hydrogens is 476 g/mol. The first-order valence-electron chi connectivity index (χ1n) is 10.3. The van der Waals surface area contributed by atoms with Gasteiger partial charge < -0.3 is 9.80 Å². The third kappa shape index (κ3) is 4.63. The summed E-state index contributed by atoms with van der Waals surface area (Å²) in [6.45, 7) is 1.84. The van der Waals surface area contributed by atoms with E-state index in [2.05, 4.69) is 5.10 Å². The number of carbonyl (C=O) groups is 2. The molecule has 0 aliphatic carbocycles. The third-order valence-corrected chi connectivity index (χ3v) is 5.79. The minimum Gasteiger partial charge on any atom is -0.335 e. The topological polar surface area (TPSA) is 58.4 Å². The summed E-state index contributed by atoms with van der Waals surface area (Å²) in [5.41, 5.74) is -0.901. The number of alkyl halides is 3. The Morgan fingerprint density at radius 1 is 0.912 bits per heavy atom. The van der Waals surface area contributed by atoms with Crippen LogP contribution in [0.3, 0.4) is 0 Å². The standard InChI is InChI=1S/C23H19ClF4N4O2/c1-14-2-5-16(6-3-14)32-20(23(26,27)28)18(13-29-32)22(34)31-10-8-30(9-11-31)21(33)17-12-15(24)4-7-19(17)25/h2-7,12-13H,8-11H2,1H3. The van der Waals surface area contributed by atoms with Crippen LogP contribution < -0.4 is 0 Å². The van der Waals surface area contributed by atoms with Crippen molar-refractivity contribution in [1.82, 2.24) is 19.6 Å². The van der Waals surface area contributed by atoms with Crippen LogP contribution in [0.2, 0.25) is 5.02 Å². The number of carbonyl (C=O) groups excluding carboxylic acids is 2. The number of rotatable bonds is 3. The zero-order valence-electron chi connectivity index (χ0n) is 17.9. The number of hydrogen-bond acceptors (Lipinski definition) is 3. The molecule has 1 fully saturated rings. The second kappa shape index (κ2) is 9.09. The fraction of sp³-hybridized carbons (Fsp3) is 0.261. The molecule has 0 bridgehead atoms. The summed E-state index contributed by atoms with van der Waals surface area (Å²) < 4.78 is 56.5. The molecule has 0 atom stereocenters. The molecule has 2 amide bonds. The molecule has 0 N–H and O–H groups in total. The largest absolute Gasteiger partial charge is 0.434 e. The van der Waals surface area contributed by atoms with Crippen LogP contribution in [0, 0.1) is 12.7 Å². The van der Waals surface area contributed by atoms with Gasteiger partial charge in [0.15, 0.2) is 5.69 Å². The molecule has 1 saturated heterocycles. The van der Waals surface area contributed by atoms with Gasteiger partial charge in [0.2, 0.25) is 0 Å². The number of aryl methyl sites for hydroxylation is 1. The van der Waals surface area contributed by atoms with Crippen molar-refractivity contribution in [2.45, 2.75) is 13.1 Å². The number of hydrogen-bond donors (Lipinski definition) is 0. The molecule has 4 rings (SSSR count). The maximum Gasteiger partial charge on any atom is 0.434 e. The second-order valence-electron chi connectivity index (χ2n) is 7.86. The number of aromatic nitrogens is 2. The molecule has 0 saturated carbocycles. The van der Waals surface area contributed by atoms with Gasteiger partial charge in [-0.1, -0.05) is 29.3 Å². The first kappa shape index (κ1) is 23.7. The molecule has 11 heteroatoms. The normalized spacial score (nSPS) is 14.4. The van der Waals surface area contributed by atoms with Crippen LogP contribution in [0.5, 0.6) is 0 Å². The number of amides is 2. The summed E-state index contributed by atoms with van der Waals surface area (Å²) in [6.07, 6.45) is -3.92. The predicted molar refractivity (Wildman–Crippen MR) is 117 cm³/mol. The summed E-state index contributed by atoms with van der Waals surface area (Å²) in [4.78, 5) is 28.2. The van der Waals surface area contributed by atoms with E-state index >= 15 is 0 Å². The van der Waals surface area contributed by atoms with Crippen LogP contribution in [0.15, 0.2) is 48.7 Å². The molecule has 1 aliphatic rings. The summed E-state index contributed by atoms with van der Waals surface area (Å²) in [7, 11) is 0. The van der Waals surface area contributed by atoms with E-state index in [1.807, 2.05) is 0 Å². The summed E-state index contributed by atoms with van der Waals surface area (Å²) in [5, 5.41) is 4.03. The Bertz CT molecular complexity index is 1230. The molecule has 0 unspecified atom stereocenters. The Kier molecular flexibility index (Phi) is 6.35. The molecule has 34 heavy (non-hydrogen) atoms. The SMILES string of the molecule is Cc1ccc(-n2ncc(C(=O)N3CCN(C(=O)c4cc(Cl)ccc4F)CC3)c2C(F)(F)F)cc1. The van der Waals surface area contributed by atoms with Crippen LogP contribution in [0.1, 0.15) is 32.0 Å². The molecule has 3 aromatic rings. The van der Waals surface area contributed by atoms with Crippen LogP contribution in [0.4, 0.5) is 17.6 Å². The van der Waals surface area contributed by atoms with E-state index < -0.39 is 35.1 Å². The Hall–Kier alpha value is -3.40. The smallest absolute Gasteiger partial charge is 0.335 e. The zero-order valence-corrected chi connectivity index (χ0v) is 18.7. The number of halogens is 5. The van der Waals surface area contributed by atoms with Crippen LogP contribution >= 0.6 is 11.6 Å². The van der Waals surface area contributed by atoms with Gasteiger partial charge in [-0.15, -0.1) is 0 Å². The van der Waals surface area contributed by atoms with E-state index in [1.54, 1.807) is 19.1 Å². The van der Waals surface area contributed by atoms with Crippen molar-refractivity contribution in [3.05, 3.63) is 81.9 Å². The van der Waals surface area contributed by atoms with Gasteiger partial charge in [-0.05, 0) is 37.3 Å². The lowest BCUT2D eigenvalue weighted by atomic mass is 10.1. The minimum absolute atomic E-state index is 0.0141. The van der Waals surface area contributed by atoms with E-state index in [4.69, 9.17) is 11.6 Å². The lowest BCUT2D eigenvalue weighted by Gasteiger charge is -2.35. The molecule has 1 aromatic heterocycles. The lowest BCUT2D eigenvalue weighted by Crippen LogP contribution is -2.51. The first-order chi connectivity index (χ1) is 16.1. The lowest BCUT2D eigenvalue weighted by molar-refractivity contribution is -0.143. The van der Waals surface area contributed by atoms with Crippen molar-refractivity contribution >= 4 is 23.4 Å². The van der Waals surface area contributed by atoms with E-state index in [9.17, 15) is 27.2 Å². The van der Waals surface area contributed by atoms with Crippen LogP contribution in [-0.4, -0.2) is 57.6 Å².